The van der Waals surface area contributed by atoms with E-state index in [-0.39, 0.29) is 12.0 Å². The molecule has 0 spiro atoms. The lowest BCUT2D eigenvalue weighted by molar-refractivity contribution is -0.149. The summed E-state index contributed by atoms with van der Waals surface area (Å²) in [5.41, 5.74) is -0.0275. The fourth-order valence-electron chi connectivity index (χ4n) is 2.04. The molecule has 0 amide bonds. The third-order valence-electron chi connectivity index (χ3n) is 3.35. The highest BCUT2D eigenvalue weighted by Crippen LogP contribution is 2.31. The largest absolute Gasteiger partial charge is 0.396 e. The maximum atomic E-state index is 9.39. The molecule has 1 aromatic heterocycles. The number of thiophene rings is 1. The van der Waals surface area contributed by atoms with E-state index >= 15 is 0 Å². The lowest BCUT2D eigenvalue weighted by Gasteiger charge is -2.43. The first-order chi connectivity index (χ1) is 7.67. The molecule has 1 saturated heterocycles. The molecule has 0 bridgehead atoms. The van der Waals surface area contributed by atoms with Gasteiger partial charge in [-0.15, -0.1) is 11.3 Å². The Kier molecular flexibility index (Phi) is 3.64. The number of hydrogen-bond donors (Lipinski definition) is 1. The zero-order valence-electron chi connectivity index (χ0n) is 9.85. The normalized spacial score (nSPS) is 20.8. The fraction of sp³-hybridized carbons (Fsp3) is 0.667. The van der Waals surface area contributed by atoms with Gasteiger partial charge >= 0.3 is 0 Å². The Hall–Kier alpha value is -0.420. The van der Waals surface area contributed by atoms with Gasteiger partial charge in [-0.05, 0) is 25.4 Å². The van der Waals surface area contributed by atoms with E-state index < -0.39 is 0 Å². The number of ether oxygens (including phenoxy) is 1. The molecule has 2 rings (SSSR count). The molecule has 1 N–H and O–H groups in total. The van der Waals surface area contributed by atoms with Gasteiger partial charge in [-0.2, -0.15) is 0 Å². The second-order valence-electron chi connectivity index (χ2n) is 4.76. The second kappa shape index (κ2) is 4.84. The first-order valence-electron chi connectivity index (χ1n) is 5.59. The van der Waals surface area contributed by atoms with Crippen LogP contribution in [0, 0.1) is 5.41 Å². The Morgan fingerprint density at radius 2 is 2.38 bits per heavy atom. The Labute approximate surface area is 101 Å². The van der Waals surface area contributed by atoms with Gasteiger partial charge in [0.05, 0.1) is 25.2 Å². The predicted molar refractivity (Wildman–Crippen MR) is 65.7 cm³/mol. The predicted octanol–water partition coefficient (Wildman–Crippen LogP) is 1.75. The van der Waals surface area contributed by atoms with E-state index in [0.29, 0.717) is 19.3 Å². The van der Waals surface area contributed by atoms with Crippen molar-refractivity contribution in [3.05, 3.63) is 22.4 Å². The summed E-state index contributed by atoms with van der Waals surface area (Å²) in [7, 11) is 2.11. The minimum absolute atomic E-state index is 0.0275. The van der Waals surface area contributed by atoms with Crippen LogP contribution in [-0.4, -0.2) is 43.4 Å². The number of aliphatic hydroxyl groups is 1. The van der Waals surface area contributed by atoms with Crippen molar-refractivity contribution in [2.24, 2.45) is 5.41 Å². The SMILES string of the molecule is CC(c1cccs1)N(C)CC1(CO)COC1. The quantitative estimate of drug-likeness (QED) is 0.852. The van der Waals surface area contributed by atoms with E-state index in [1.165, 1.54) is 4.88 Å². The standard InChI is InChI=1S/C12H19NO2S/c1-10(11-4-3-5-16-11)13(2)6-12(7-14)8-15-9-12/h3-5,10,14H,6-9H2,1-2H3. The van der Waals surface area contributed by atoms with E-state index in [1.54, 1.807) is 11.3 Å². The van der Waals surface area contributed by atoms with Crippen LogP contribution in [0.25, 0.3) is 0 Å². The van der Waals surface area contributed by atoms with Gasteiger partial charge in [0, 0.05) is 17.5 Å². The first-order valence-corrected chi connectivity index (χ1v) is 6.47. The minimum atomic E-state index is -0.0275. The van der Waals surface area contributed by atoms with Crippen LogP contribution in [0.1, 0.15) is 17.8 Å². The molecular formula is C12H19NO2S. The highest BCUT2D eigenvalue weighted by atomic mass is 32.1. The van der Waals surface area contributed by atoms with Crippen molar-refractivity contribution in [2.75, 3.05) is 33.4 Å². The molecule has 1 aliphatic rings. The van der Waals surface area contributed by atoms with E-state index in [2.05, 4.69) is 36.4 Å². The van der Waals surface area contributed by atoms with Crippen molar-refractivity contribution >= 4 is 11.3 Å². The van der Waals surface area contributed by atoms with Crippen molar-refractivity contribution in [3.63, 3.8) is 0 Å². The molecule has 3 nitrogen and oxygen atoms in total. The van der Waals surface area contributed by atoms with Gasteiger partial charge in [0.1, 0.15) is 0 Å². The summed E-state index contributed by atoms with van der Waals surface area (Å²) in [6.45, 7) is 4.68. The fourth-order valence-corrected chi connectivity index (χ4v) is 2.88. The highest BCUT2D eigenvalue weighted by Gasteiger charge is 2.39. The van der Waals surface area contributed by atoms with E-state index in [0.717, 1.165) is 6.54 Å². The third-order valence-corrected chi connectivity index (χ3v) is 4.40. The van der Waals surface area contributed by atoms with Crippen LogP contribution in [-0.2, 0) is 4.74 Å². The summed E-state index contributed by atoms with van der Waals surface area (Å²) in [5, 5.41) is 11.5. The number of hydrogen-bond acceptors (Lipinski definition) is 4. The average molecular weight is 241 g/mol. The van der Waals surface area contributed by atoms with Crippen molar-refractivity contribution in [2.45, 2.75) is 13.0 Å². The summed E-state index contributed by atoms with van der Waals surface area (Å²) >= 11 is 1.78. The van der Waals surface area contributed by atoms with Crippen LogP contribution in [0.3, 0.4) is 0 Å². The highest BCUT2D eigenvalue weighted by molar-refractivity contribution is 7.10. The van der Waals surface area contributed by atoms with E-state index in [1.807, 2.05) is 0 Å². The van der Waals surface area contributed by atoms with Crippen LogP contribution < -0.4 is 0 Å². The van der Waals surface area contributed by atoms with Crippen LogP contribution in [0.5, 0.6) is 0 Å². The molecule has 1 atom stereocenters. The summed E-state index contributed by atoms with van der Waals surface area (Å²) in [4.78, 5) is 3.67. The van der Waals surface area contributed by atoms with Gasteiger partial charge in [0.2, 0.25) is 0 Å². The van der Waals surface area contributed by atoms with E-state index in [9.17, 15) is 5.11 Å². The van der Waals surface area contributed by atoms with Gasteiger partial charge in [0.25, 0.3) is 0 Å². The summed E-state index contributed by atoms with van der Waals surface area (Å²) in [5.74, 6) is 0. The average Bonchev–Trinajstić information content (AvgIpc) is 2.75. The van der Waals surface area contributed by atoms with Gasteiger partial charge in [0.15, 0.2) is 0 Å². The topological polar surface area (TPSA) is 32.7 Å². The molecule has 1 unspecified atom stereocenters. The van der Waals surface area contributed by atoms with Gasteiger partial charge < -0.3 is 9.84 Å². The maximum Gasteiger partial charge on any atom is 0.0579 e. The third kappa shape index (κ3) is 2.30. The van der Waals surface area contributed by atoms with Crippen LogP contribution >= 0.6 is 11.3 Å². The minimum Gasteiger partial charge on any atom is -0.396 e. The zero-order chi connectivity index (χ0) is 11.6. The second-order valence-corrected chi connectivity index (χ2v) is 5.74. The molecule has 2 heterocycles. The summed E-state index contributed by atoms with van der Waals surface area (Å²) < 4.78 is 5.22. The van der Waals surface area contributed by atoms with Crippen LogP contribution in [0.15, 0.2) is 17.5 Å². The first kappa shape index (κ1) is 12.0. The lowest BCUT2D eigenvalue weighted by atomic mass is 9.86. The Morgan fingerprint density at radius 1 is 1.62 bits per heavy atom. The Morgan fingerprint density at radius 3 is 2.81 bits per heavy atom. The molecule has 0 radical (unpaired) electrons. The van der Waals surface area contributed by atoms with Crippen LogP contribution in [0.2, 0.25) is 0 Å². The Balaban J connectivity index is 1.95. The summed E-state index contributed by atoms with van der Waals surface area (Å²) in [6.07, 6.45) is 0. The molecular weight excluding hydrogens is 222 g/mol. The monoisotopic (exact) mass is 241 g/mol. The summed E-state index contributed by atoms with van der Waals surface area (Å²) in [6, 6.07) is 4.65. The van der Waals surface area contributed by atoms with Crippen molar-refractivity contribution in [1.29, 1.82) is 0 Å². The van der Waals surface area contributed by atoms with Crippen molar-refractivity contribution in [3.8, 4) is 0 Å². The van der Waals surface area contributed by atoms with Crippen molar-refractivity contribution in [1.82, 2.24) is 4.90 Å². The lowest BCUT2D eigenvalue weighted by Crippen LogP contribution is -2.52. The molecule has 90 valence electrons. The molecule has 16 heavy (non-hydrogen) atoms. The molecule has 0 aliphatic carbocycles. The molecule has 1 aromatic rings. The van der Waals surface area contributed by atoms with Gasteiger partial charge in [-0.1, -0.05) is 6.07 Å². The van der Waals surface area contributed by atoms with Gasteiger partial charge in [-0.25, -0.2) is 0 Å². The van der Waals surface area contributed by atoms with E-state index in [4.69, 9.17) is 4.74 Å². The molecule has 4 heteroatoms. The van der Waals surface area contributed by atoms with Crippen molar-refractivity contribution < 1.29 is 9.84 Å². The van der Waals surface area contributed by atoms with Gasteiger partial charge in [-0.3, -0.25) is 4.90 Å². The number of rotatable bonds is 5. The zero-order valence-corrected chi connectivity index (χ0v) is 10.7. The molecule has 0 saturated carbocycles. The maximum absolute atomic E-state index is 9.39. The Bertz CT molecular complexity index is 316. The molecule has 1 aliphatic heterocycles. The smallest absolute Gasteiger partial charge is 0.0579 e. The van der Waals surface area contributed by atoms with Crippen LogP contribution in [0.4, 0.5) is 0 Å². The molecule has 0 aromatic carbocycles. The number of nitrogens with zero attached hydrogens (tertiary/aromatic N) is 1. The molecule has 1 fully saturated rings. The number of aliphatic hydroxyl groups excluding tert-OH is 1.